The van der Waals surface area contributed by atoms with Crippen LogP contribution in [0.25, 0.3) is 0 Å². The summed E-state index contributed by atoms with van der Waals surface area (Å²) in [5.74, 6) is -1.09. The Kier molecular flexibility index (Phi) is 7.79. The average Bonchev–Trinajstić information content (AvgIpc) is 2.49. The van der Waals surface area contributed by atoms with Crippen LogP contribution in [-0.4, -0.2) is 23.1 Å². The van der Waals surface area contributed by atoms with Gasteiger partial charge in [-0.3, -0.25) is 0 Å². The number of benzene rings is 1. The number of aryl methyl sites for hydroxylation is 1. The van der Waals surface area contributed by atoms with Crippen LogP contribution in [-0.2, 0) is 4.74 Å². The Labute approximate surface area is 138 Å². The molecule has 23 heavy (non-hydrogen) atoms. The number of carbonyl (C=O) groups is 2. The number of rotatable bonds is 9. The Bertz CT molecular complexity index is 534. The van der Waals surface area contributed by atoms with Crippen molar-refractivity contribution < 1.29 is 19.4 Å². The van der Waals surface area contributed by atoms with Crippen LogP contribution in [0.4, 0.5) is 0 Å². The molecule has 0 heterocycles. The molecule has 0 aliphatic carbocycles. The van der Waals surface area contributed by atoms with Crippen LogP contribution in [0, 0.1) is 12.8 Å². The molecule has 0 aliphatic rings. The fraction of sp³-hybridized carbons (Fsp3) is 0.579. The summed E-state index contributed by atoms with van der Waals surface area (Å²) in [6.07, 6.45) is 4.52. The van der Waals surface area contributed by atoms with E-state index in [1.165, 1.54) is 6.07 Å². The van der Waals surface area contributed by atoms with Gasteiger partial charge in [-0.2, -0.15) is 0 Å². The zero-order valence-electron chi connectivity index (χ0n) is 14.6. The van der Waals surface area contributed by atoms with Gasteiger partial charge in [-0.05, 0) is 44.2 Å². The van der Waals surface area contributed by atoms with Crippen LogP contribution in [0.2, 0.25) is 0 Å². The highest BCUT2D eigenvalue weighted by Crippen LogP contribution is 2.19. The van der Waals surface area contributed by atoms with E-state index in [9.17, 15) is 14.7 Å². The van der Waals surface area contributed by atoms with Crippen LogP contribution in [0.5, 0.6) is 0 Å². The highest BCUT2D eigenvalue weighted by Gasteiger charge is 2.21. The van der Waals surface area contributed by atoms with Gasteiger partial charge in [-0.25, -0.2) is 9.59 Å². The maximum absolute atomic E-state index is 12.4. The van der Waals surface area contributed by atoms with Gasteiger partial charge in [0, 0.05) is 0 Å². The maximum Gasteiger partial charge on any atom is 0.339 e. The van der Waals surface area contributed by atoms with Gasteiger partial charge in [0.1, 0.15) is 6.10 Å². The number of unbranched alkanes of at least 4 members (excludes halogenated alkanes) is 1. The number of ether oxygens (including phenoxy) is 1. The molecule has 128 valence electrons. The number of hydrogen-bond acceptors (Lipinski definition) is 3. The molecular weight excluding hydrogens is 292 g/mol. The van der Waals surface area contributed by atoms with E-state index < -0.39 is 11.9 Å². The first-order chi connectivity index (χ1) is 10.8. The summed E-state index contributed by atoms with van der Waals surface area (Å²) in [4.78, 5) is 23.8. The fourth-order valence-electron chi connectivity index (χ4n) is 2.44. The van der Waals surface area contributed by atoms with Crippen molar-refractivity contribution in [2.45, 2.75) is 65.9 Å². The lowest BCUT2D eigenvalue weighted by Gasteiger charge is -2.19. The van der Waals surface area contributed by atoms with Crippen LogP contribution < -0.4 is 0 Å². The van der Waals surface area contributed by atoms with Gasteiger partial charge in [0.2, 0.25) is 0 Å². The van der Waals surface area contributed by atoms with E-state index in [-0.39, 0.29) is 17.2 Å². The van der Waals surface area contributed by atoms with Crippen molar-refractivity contribution in [1.29, 1.82) is 0 Å². The molecule has 1 aromatic carbocycles. The molecule has 0 bridgehead atoms. The topological polar surface area (TPSA) is 63.6 Å². The largest absolute Gasteiger partial charge is 0.478 e. The number of hydrogen-bond donors (Lipinski definition) is 1. The summed E-state index contributed by atoms with van der Waals surface area (Å²) in [6.45, 7) is 8.18. The second-order valence-electron chi connectivity index (χ2n) is 6.49. The van der Waals surface area contributed by atoms with Crippen molar-refractivity contribution >= 4 is 11.9 Å². The number of esters is 1. The average molecular weight is 320 g/mol. The molecule has 1 rings (SSSR count). The zero-order chi connectivity index (χ0) is 17.4. The lowest BCUT2D eigenvalue weighted by Crippen LogP contribution is -2.21. The molecular formula is C19H28O4. The van der Waals surface area contributed by atoms with Gasteiger partial charge >= 0.3 is 11.9 Å². The normalized spacial score (nSPS) is 12.2. The third kappa shape index (κ3) is 6.43. The minimum absolute atomic E-state index is 0.00750. The number of carboxylic acids is 1. The smallest absolute Gasteiger partial charge is 0.339 e. The van der Waals surface area contributed by atoms with E-state index in [0.717, 1.165) is 37.7 Å². The molecule has 0 saturated heterocycles. The molecule has 0 aromatic heterocycles. The molecule has 4 nitrogen and oxygen atoms in total. The molecule has 1 N–H and O–H groups in total. The fourth-order valence-corrected chi connectivity index (χ4v) is 2.44. The SMILES string of the molecule is CCCCC(CCC(C)C)OC(=O)c1ccc(C)cc1C(=O)O. The lowest BCUT2D eigenvalue weighted by molar-refractivity contribution is 0.0238. The summed E-state index contributed by atoms with van der Waals surface area (Å²) in [5.41, 5.74) is 0.948. The zero-order valence-corrected chi connectivity index (χ0v) is 14.6. The predicted molar refractivity (Wildman–Crippen MR) is 90.9 cm³/mol. The first-order valence-electron chi connectivity index (χ1n) is 8.40. The minimum Gasteiger partial charge on any atom is -0.478 e. The highest BCUT2D eigenvalue weighted by molar-refractivity contribution is 6.02. The quantitative estimate of drug-likeness (QED) is 0.661. The van der Waals surface area contributed by atoms with E-state index in [0.29, 0.717) is 5.92 Å². The van der Waals surface area contributed by atoms with E-state index in [4.69, 9.17) is 4.74 Å². The number of carboxylic acid groups (broad SMARTS) is 1. The van der Waals surface area contributed by atoms with Crippen molar-refractivity contribution in [3.8, 4) is 0 Å². The Morgan fingerprint density at radius 3 is 2.39 bits per heavy atom. The van der Waals surface area contributed by atoms with Gasteiger partial charge in [0.25, 0.3) is 0 Å². The molecule has 1 unspecified atom stereocenters. The van der Waals surface area contributed by atoms with Gasteiger partial charge in [-0.1, -0.05) is 45.2 Å². The highest BCUT2D eigenvalue weighted by atomic mass is 16.5. The number of aromatic carboxylic acids is 1. The van der Waals surface area contributed by atoms with Gasteiger partial charge in [0.05, 0.1) is 11.1 Å². The summed E-state index contributed by atoms with van der Waals surface area (Å²) >= 11 is 0. The molecule has 0 saturated carbocycles. The van der Waals surface area contributed by atoms with Gasteiger partial charge < -0.3 is 9.84 Å². The Hall–Kier alpha value is -1.84. The molecule has 0 amide bonds. The van der Waals surface area contributed by atoms with Crippen LogP contribution in [0.1, 0.15) is 79.2 Å². The second-order valence-corrected chi connectivity index (χ2v) is 6.49. The van der Waals surface area contributed by atoms with E-state index in [1.807, 2.05) is 0 Å². The Morgan fingerprint density at radius 2 is 1.83 bits per heavy atom. The van der Waals surface area contributed by atoms with Crippen molar-refractivity contribution in [2.24, 2.45) is 5.92 Å². The molecule has 0 aliphatic heterocycles. The molecule has 0 spiro atoms. The van der Waals surface area contributed by atoms with Crippen LogP contribution >= 0.6 is 0 Å². The molecule has 1 atom stereocenters. The summed E-state index contributed by atoms with van der Waals surface area (Å²) in [6, 6.07) is 4.78. The van der Waals surface area contributed by atoms with Crippen LogP contribution in [0.3, 0.4) is 0 Å². The third-order valence-electron chi connectivity index (χ3n) is 3.84. The molecule has 1 aromatic rings. The van der Waals surface area contributed by atoms with Gasteiger partial charge in [-0.15, -0.1) is 0 Å². The second kappa shape index (κ2) is 9.33. The summed E-state index contributed by atoms with van der Waals surface area (Å²) in [7, 11) is 0. The predicted octanol–water partition coefficient (Wildman–Crippen LogP) is 4.85. The minimum atomic E-state index is -1.10. The van der Waals surface area contributed by atoms with Crippen LogP contribution in [0.15, 0.2) is 18.2 Å². The first kappa shape index (κ1) is 19.2. The Balaban J connectivity index is 2.87. The lowest BCUT2D eigenvalue weighted by atomic mass is 10.0. The molecule has 0 fully saturated rings. The van der Waals surface area contributed by atoms with E-state index in [2.05, 4.69) is 20.8 Å². The summed E-state index contributed by atoms with van der Waals surface area (Å²) in [5, 5.41) is 9.28. The van der Waals surface area contributed by atoms with Gasteiger partial charge in [0.15, 0.2) is 0 Å². The number of carbonyl (C=O) groups excluding carboxylic acids is 1. The monoisotopic (exact) mass is 320 g/mol. The Morgan fingerprint density at radius 1 is 1.13 bits per heavy atom. The molecule has 4 heteroatoms. The van der Waals surface area contributed by atoms with Crippen molar-refractivity contribution in [1.82, 2.24) is 0 Å². The van der Waals surface area contributed by atoms with Crippen molar-refractivity contribution in [2.75, 3.05) is 0 Å². The first-order valence-corrected chi connectivity index (χ1v) is 8.40. The van der Waals surface area contributed by atoms with Crippen molar-refractivity contribution in [3.63, 3.8) is 0 Å². The molecule has 0 radical (unpaired) electrons. The summed E-state index contributed by atoms with van der Waals surface area (Å²) < 4.78 is 5.62. The van der Waals surface area contributed by atoms with E-state index >= 15 is 0 Å². The van der Waals surface area contributed by atoms with E-state index in [1.54, 1.807) is 19.1 Å². The van der Waals surface area contributed by atoms with Crippen molar-refractivity contribution in [3.05, 3.63) is 34.9 Å². The maximum atomic E-state index is 12.4. The standard InChI is InChI=1S/C19H28O4/c1-5-6-7-15(10-8-13(2)3)23-19(22)16-11-9-14(4)12-17(16)18(20)21/h9,11-13,15H,5-8,10H2,1-4H3,(H,20,21). The third-order valence-corrected chi connectivity index (χ3v) is 3.84.